The number of nitrogens with two attached hydrogens (primary N) is 1. The van der Waals surface area contributed by atoms with Crippen molar-refractivity contribution in [3.05, 3.63) is 24.3 Å². The molecule has 1 atom stereocenters. The van der Waals surface area contributed by atoms with E-state index < -0.39 is 6.36 Å². The molecule has 0 spiro atoms. The van der Waals surface area contributed by atoms with Crippen molar-refractivity contribution in [3.8, 4) is 5.75 Å². The first-order chi connectivity index (χ1) is 8.76. The molecule has 1 aromatic rings. The number of anilines is 1. The Kier molecular flexibility index (Phi) is 7.38. The summed E-state index contributed by atoms with van der Waals surface area (Å²) < 4.78 is 39.5. The Bertz CT molecular complexity index is 422. The third-order valence-corrected chi connectivity index (χ3v) is 2.20. The Hall–Kier alpha value is -1.47. The van der Waals surface area contributed by atoms with Crippen LogP contribution in [0, 0.1) is 0 Å². The quantitative estimate of drug-likeness (QED) is 0.878. The molecule has 0 saturated heterocycles. The number of alkyl halides is 3. The van der Waals surface area contributed by atoms with Crippen LogP contribution >= 0.6 is 12.4 Å². The van der Waals surface area contributed by atoms with Crippen LogP contribution in [0.2, 0.25) is 0 Å². The third-order valence-electron chi connectivity index (χ3n) is 2.20. The van der Waals surface area contributed by atoms with Crippen LogP contribution in [0.5, 0.6) is 5.75 Å². The molecular weight excluding hydrogens is 297 g/mol. The lowest BCUT2D eigenvalue weighted by Crippen LogP contribution is -2.19. The van der Waals surface area contributed by atoms with Crippen molar-refractivity contribution in [2.45, 2.75) is 32.2 Å². The van der Waals surface area contributed by atoms with Gasteiger partial charge in [-0.1, -0.05) is 0 Å². The van der Waals surface area contributed by atoms with E-state index in [0.717, 1.165) is 12.1 Å². The predicted octanol–water partition coefficient (Wildman–Crippen LogP) is 3.07. The number of hydrogen-bond donors (Lipinski definition) is 2. The van der Waals surface area contributed by atoms with E-state index in [1.807, 2.05) is 0 Å². The van der Waals surface area contributed by atoms with Gasteiger partial charge in [0.2, 0.25) is 5.91 Å². The van der Waals surface area contributed by atoms with Gasteiger partial charge in [-0.3, -0.25) is 4.79 Å². The van der Waals surface area contributed by atoms with E-state index in [1.54, 1.807) is 6.92 Å². The fraction of sp³-hybridized carbons (Fsp3) is 0.417. The summed E-state index contributed by atoms with van der Waals surface area (Å²) in [5.41, 5.74) is 5.92. The molecular formula is C12H16ClF3N2O2. The van der Waals surface area contributed by atoms with E-state index in [2.05, 4.69) is 10.1 Å². The molecule has 1 rings (SSSR count). The zero-order chi connectivity index (χ0) is 14.5. The zero-order valence-corrected chi connectivity index (χ0v) is 11.6. The van der Waals surface area contributed by atoms with Gasteiger partial charge >= 0.3 is 6.36 Å². The molecule has 3 N–H and O–H groups in total. The summed E-state index contributed by atoms with van der Waals surface area (Å²) in [6, 6.07) is 4.87. The number of halogens is 4. The van der Waals surface area contributed by atoms with Crippen LogP contribution in [0.3, 0.4) is 0 Å². The lowest BCUT2D eigenvalue weighted by molar-refractivity contribution is -0.274. The van der Waals surface area contributed by atoms with Crippen molar-refractivity contribution < 1.29 is 22.7 Å². The second-order valence-corrected chi connectivity index (χ2v) is 4.14. The summed E-state index contributed by atoms with van der Waals surface area (Å²) in [7, 11) is 0. The summed E-state index contributed by atoms with van der Waals surface area (Å²) in [6.45, 7) is 1.79. The standard InChI is InChI=1S/C12H15F3N2O2.ClH/c1-8(16)2-7-11(18)17-9-3-5-10(6-4-9)19-12(13,14)15;/h3-6,8H,2,7,16H2,1H3,(H,17,18);1H. The summed E-state index contributed by atoms with van der Waals surface area (Å²) in [4.78, 5) is 11.5. The van der Waals surface area contributed by atoms with Crippen LogP contribution < -0.4 is 15.8 Å². The minimum atomic E-state index is -4.72. The van der Waals surface area contributed by atoms with E-state index in [1.165, 1.54) is 12.1 Å². The Labute approximate surface area is 120 Å². The molecule has 0 heterocycles. The van der Waals surface area contributed by atoms with Gasteiger partial charge < -0.3 is 15.8 Å². The monoisotopic (exact) mass is 312 g/mol. The minimum Gasteiger partial charge on any atom is -0.406 e. The highest BCUT2D eigenvalue weighted by atomic mass is 35.5. The maximum Gasteiger partial charge on any atom is 0.573 e. The minimum absolute atomic E-state index is 0. The van der Waals surface area contributed by atoms with Gasteiger partial charge in [0, 0.05) is 18.2 Å². The average Bonchev–Trinajstić information content (AvgIpc) is 2.27. The number of rotatable bonds is 5. The smallest absolute Gasteiger partial charge is 0.406 e. The van der Waals surface area contributed by atoms with Gasteiger partial charge in [-0.05, 0) is 37.6 Å². The number of hydrogen-bond acceptors (Lipinski definition) is 3. The molecule has 0 aliphatic heterocycles. The molecule has 0 saturated carbocycles. The van der Waals surface area contributed by atoms with Crippen LogP contribution in [-0.4, -0.2) is 18.3 Å². The van der Waals surface area contributed by atoms with E-state index in [0.29, 0.717) is 12.1 Å². The van der Waals surface area contributed by atoms with Crippen molar-refractivity contribution in [1.82, 2.24) is 0 Å². The van der Waals surface area contributed by atoms with Crippen molar-refractivity contribution in [2.24, 2.45) is 5.73 Å². The molecule has 0 fully saturated rings. The van der Waals surface area contributed by atoms with Crippen molar-refractivity contribution in [3.63, 3.8) is 0 Å². The van der Waals surface area contributed by atoms with Crippen LogP contribution in [0.25, 0.3) is 0 Å². The van der Waals surface area contributed by atoms with Crippen LogP contribution in [-0.2, 0) is 4.79 Å². The topological polar surface area (TPSA) is 64.4 Å². The normalized spacial score (nSPS) is 12.2. The predicted molar refractivity (Wildman–Crippen MR) is 71.9 cm³/mol. The van der Waals surface area contributed by atoms with Crippen molar-refractivity contribution in [1.29, 1.82) is 0 Å². The molecule has 0 bridgehead atoms. The highest BCUT2D eigenvalue weighted by Gasteiger charge is 2.30. The fourth-order valence-electron chi connectivity index (χ4n) is 1.32. The highest BCUT2D eigenvalue weighted by Crippen LogP contribution is 2.23. The molecule has 114 valence electrons. The molecule has 1 aromatic carbocycles. The van der Waals surface area contributed by atoms with Gasteiger partial charge in [-0.25, -0.2) is 0 Å². The molecule has 1 amide bonds. The fourth-order valence-corrected chi connectivity index (χ4v) is 1.32. The SMILES string of the molecule is CC(N)CCC(=O)Nc1ccc(OC(F)(F)F)cc1.Cl. The number of amides is 1. The first kappa shape index (κ1) is 18.5. The van der Waals surface area contributed by atoms with Crippen molar-refractivity contribution in [2.75, 3.05) is 5.32 Å². The number of benzene rings is 1. The Morgan fingerprint density at radius 3 is 2.35 bits per heavy atom. The Morgan fingerprint density at radius 2 is 1.90 bits per heavy atom. The van der Waals surface area contributed by atoms with Crippen molar-refractivity contribution >= 4 is 24.0 Å². The number of carbonyl (C=O) groups is 1. The summed E-state index contributed by atoms with van der Waals surface area (Å²) in [5, 5.41) is 2.56. The third kappa shape index (κ3) is 7.85. The van der Waals surface area contributed by atoms with Crippen LogP contribution in [0.1, 0.15) is 19.8 Å². The first-order valence-corrected chi connectivity index (χ1v) is 5.67. The highest BCUT2D eigenvalue weighted by molar-refractivity contribution is 5.90. The Morgan fingerprint density at radius 1 is 1.35 bits per heavy atom. The first-order valence-electron chi connectivity index (χ1n) is 5.67. The maximum atomic E-state index is 11.9. The summed E-state index contributed by atoms with van der Waals surface area (Å²) in [5.74, 6) is -0.567. The van der Waals surface area contributed by atoms with Gasteiger partial charge in [0.1, 0.15) is 5.75 Å². The van der Waals surface area contributed by atoms with E-state index in [9.17, 15) is 18.0 Å². The second-order valence-electron chi connectivity index (χ2n) is 4.14. The Balaban J connectivity index is 0.00000361. The van der Waals surface area contributed by atoms with Crippen LogP contribution in [0.4, 0.5) is 18.9 Å². The summed E-state index contributed by atoms with van der Waals surface area (Å²) >= 11 is 0. The van der Waals surface area contributed by atoms with E-state index >= 15 is 0 Å². The molecule has 0 aromatic heterocycles. The van der Waals surface area contributed by atoms with Gasteiger partial charge in [0.15, 0.2) is 0 Å². The van der Waals surface area contributed by atoms with E-state index in [-0.39, 0.29) is 36.5 Å². The largest absolute Gasteiger partial charge is 0.573 e. The van der Waals surface area contributed by atoms with Gasteiger partial charge in [0.05, 0.1) is 0 Å². The van der Waals surface area contributed by atoms with Gasteiger partial charge in [-0.2, -0.15) is 0 Å². The van der Waals surface area contributed by atoms with E-state index in [4.69, 9.17) is 5.73 Å². The number of carbonyl (C=O) groups excluding carboxylic acids is 1. The molecule has 4 nitrogen and oxygen atoms in total. The van der Waals surface area contributed by atoms with Gasteiger partial charge in [0.25, 0.3) is 0 Å². The summed E-state index contributed by atoms with van der Waals surface area (Å²) in [6.07, 6.45) is -3.92. The zero-order valence-electron chi connectivity index (χ0n) is 10.7. The number of nitrogens with one attached hydrogen (secondary N) is 1. The number of ether oxygens (including phenoxy) is 1. The maximum absolute atomic E-state index is 11.9. The average molecular weight is 313 g/mol. The lowest BCUT2D eigenvalue weighted by atomic mass is 10.2. The second kappa shape index (κ2) is 7.96. The van der Waals surface area contributed by atoms with Gasteiger partial charge in [-0.15, -0.1) is 25.6 Å². The van der Waals surface area contributed by atoms with Crippen LogP contribution in [0.15, 0.2) is 24.3 Å². The molecule has 0 radical (unpaired) electrons. The lowest BCUT2D eigenvalue weighted by Gasteiger charge is -2.10. The molecule has 8 heteroatoms. The molecule has 1 unspecified atom stereocenters. The molecule has 0 aliphatic rings. The molecule has 20 heavy (non-hydrogen) atoms. The molecule has 0 aliphatic carbocycles.